The molecule has 0 bridgehead atoms. The van der Waals surface area contributed by atoms with Crippen LogP contribution >= 0.6 is 0 Å². The molecule has 146 valence electrons. The van der Waals surface area contributed by atoms with Crippen molar-refractivity contribution in [3.8, 4) is 0 Å². The monoisotopic (exact) mass is 398 g/mol. The van der Waals surface area contributed by atoms with Crippen molar-refractivity contribution in [3.05, 3.63) is 64.5 Å². The number of carbonyl (C=O) groups excluding carboxylic acids is 2. The van der Waals surface area contributed by atoms with Gasteiger partial charge >= 0.3 is 11.9 Å². The maximum atomic E-state index is 12.5. The zero-order chi connectivity index (χ0) is 20.8. The molecular formula is C17H19ClN2O7. The van der Waals surface area contributed by atoms with Crippen LogP contribution in [0, 0.1) is 31.0 Å². The number of rotatable bonds is 3. The number of pyridine rings is 1. The summed E-state index contributed by atoms with van der Waals surface area (Å²) >= 11 is 0. The summed E-state index contributed by atoms with van der Waals surface area (Å²) in [6, 6.07) is 10.5. The molecule has 0 aliphatic carbocycles. The van der Waals surface area contributed by atoms with Gasteiger partial charge in [0, 0.05) is 26.0 Å². The molecule has 0 saturated heterocycles. The fourth-order valence-corrected chi connectivity index (χ4v) is 2.42. The molecule has 0 spiro atoms. The summed E-state index contributed by atoms with van der Waals surface area (Å²) in [6.45, 7) is 5.82. The van der Waals surface area contributed by atoms with Gasteiger partial charge in [-0.1, -0.05) is 16.8 Å². The molecule has 0 saturated carbocycles. The van der Waals surface area contributed by atoms with Gasteiger partial charge < -0.3 is 4.74 Å². The lowest BCUT2D eigenvalue weighted by Gasteiger charge is -2.17. The number of hydrogen-bond donors (Lipinski definition) is 1. The van der Waals surface area contributed by atoms with E-state index in [4.69, 9.17) is 23.4 Å². The van der Waals surface area contributed by atoms with E-state index in [0.29, 0.717) is 0 Å². The number of aryl methyl sites for hydroxylation is 3. The van der Waals surface area contributed by atoms with Gasteiger partial charge in [0.1, 0.15) is 0 Å². The molecule has 10 heteroatoms. The number of halogens is 1. The molecule has 0 radical (unpaired) electrons. The van der Waals surface area contributed by atoms with Gasteiger partial charge in [-0.3, -0.25) is 4.79 Å². The van der Waals surface area contributed by atoms with Gasteiger partial charge in [-0.15, -0.1) is 15.7 Å². The average molecular weight is 399 g/mol. The Morgan fingerprint density at radius 2 is 1.41 bits per heavy atom. The fourth-order valence-electron chi connectivity index (χ4n) is 2.42. The van der Waals surface area contributed by atoms with Crippen LogP contribution in [-0.4, -0.2) is 19.0 Å². The van der Waals surface area contributed by atoms with Crippen LogP contribution in [0.15, 0.2) is 36.4 Å². The van der Waals surface area contributed by atoms with Crippen molar-refractivity contribution in [1.29, 1.82) is 0 Å². The van der Waals surface area contributed by atoms with Crippen LogP contribution in [0.3, 0.4) is 0 Å². The third-order valence-corrected chi connectivity index (χ3v) is 3.37. The number of aromatic nitrogens is 1. The Morgan fingerprint density at radius 3 is 1.85 bits per heavy atom. The molecule has 1 heterocycles. The second-order valence-corrected chi connectivity index (χ2v) is 6.26. The molecule has 2 rings (SSSR count). The highest BCUT2D eigenvalue weighted by Gasteiger charge is 2.21. The second kappa shape index (κ2) is 9.40. The first-order valence-corrected chi connectivity index (χ1v) is 8.78. The standard InChI is InChI=1S/C17H18N2O3.ClHO4/c1-11-9-12(2)19(13(3)10-11)18-16(20)14-7-5-6-8-15(14)17(21)22-4;2-1(3,4)5/h5-10H,1-4H3;(H,2,3,4,5). The van der Waals surface area contributed by atoms with Gasteiger partial charge in [-0.05, 0) is 24.6 Å². The van der Waals surface area contributed by atoms with Gasteiger partial charge in [0.05, 0.1) is 18.2 Å². The predicted molar refractivity (Wildman–Crippen MR) is 82.3 cm³/mol. The zero-order valence-electron chi connectivity index (χ0n) is 15.1. The summed E-state index contributed by atoms with van der Waals surface area (Å²) < 4.78 is 40.4. The Kier molecular flexibility index (Phi) is 7.82. The van der Waals surface area contributed by atoms with Crippen molar-refractivity contribution in [3.63, 3.8) is 0 Å². The number of hydrogen-bond acceptors (Lipinski definition) is 7. The summed E-state index contributed by atoms with van der Waals surface area (Å²) in [6.07, 6.45) is 0. The van der Waals surface area contributed by atoms with Crippen molar-refractivity contribution >= 4 is 11.9 Å². The molecule has 0 unspecified atom stereocenters. The van der Waals surface area contributed by atoms with Crippen LogP contribution in [0.2, 0.25) is 0 Å². The number of nitrogens with one attached hydrogen (secondary N) is 1. The van der Waals surface area contributed by atoms with Crippen LogP contribution in [-0.2, 0) is 4.74 Å². The summed E-state index contributed by atoms with van der Waals surface area (Å²) in [5.41, 5.74) is 6.26. The van der Waals surface area contributed by atoms with Crippen LogP contribution < -0.4 is 28.7 Å². The first kappa shape index (κ1) is 22.5. The van der Waals surface area contributed by atoms with Crippen molar-refractivity contribution < 1.29 is 47.9 Å². The quantitative estimate of drug-likeness (QED) is 0.436. The molecule has 9 nitrogen and oxygen atoms in total. The molecule has 0 fully saturated rings. The largest absolute Gasteiger partial charge is 0.465 e. The minimum absolute atomic E-state index is 0.241. The van der Waals surface area contributed by atoms with E-state index in [1.165, 1.54) is 7.11 Å². The number of methoxy groups -OCH3 is 1. The van der Waals surface area contributed by atoms with Crippen molar-refractivity contribution in [1.82, 2.24) is 0 Å². The lowest BCUT2D eigenvalue weighted by Crippen LogP contribution is -2.68. The molecule has 0 atom stereocenters. The van der Waals surface area contributed by atoms with Crippen LogP contribution in [0.25, 0.3) is 0 Å². The molecule has 1 aromatic carbocycles. The number of ether oxygens (including phenoxy) is 1. The minimum atomic E-state index is -4.94. The normalized spacial score (nSPS) is 10.5. The number of esters is 1. The fraction of sp³-hybridized carbons (Fsp3) is 0.235. The summed E-state index contributed by atoms with van der Waals surface area (Å²) in [5, 5.41) is 0. The first-order chi connectivity index (χ1) is 12.4. The highest BCUT2D eigenvalue weighted by molar-refractivity contribution is 6.07. The number of nitrogens with zero attached hydrogens (tertiary/aromatic N) is 1. The molecule has 2 aromatic rings. The van der Waals surface area contributed by atoms with Crippen molar-refractivity contribution in [2.45, 2.75) is 20.8 Å². The molecular weight excluding hydrogens is 380 g/mol. The smallest absolute Gasteiger partial charge is 0.338 e. The SMILES string of the molecule is COC(=O)c1ccccc1C(=O)N[n+]1c(C)cc(C)cc1C.[O-][Cl+3]([O-])([O-])[O-]. The molecule has 1 aromatic heterocycles. The van der Waals surface area contributed by atoms with E-state index in [9.17, 15) is 9.59 Å². The van der Waals surface area contributed by atoms with Gasteiger partial charge in [-0.25, -0.2) is 23.4 Å². The Hall–Kier alpha value is -2.56. The predicted octanol–water partition coefficient (Wildman–Crippen LogP) is -2.69. The summed E-state index contributed by atoms with van der Waals surface area (Å²) in [5.74, 6) is -0.894. The minimum Gasteiger partial charge on any atom is -0.465 e. The Morgan fingerprint density at radius 1 is 0.963 bits per heavy atom. The maximum absolute atomic E-state index is 12.5. The second-order valence-electron chi connectivity index (χ2n) is 5.51. The summed E-state index contributed by atoms with van der Waals surface area (Å²) in [7, 11) is -3.65. The van der Waals surface area contributed by atoms with Crippen LogP contribution in [0.5, 0.6) is 0 Å². The number of carbonyl (C=O) groups is 2. The van der Waals surface area contributed by atoms with E-state index in [1.54, 1.807) is 28.9 Å². The summed E-state index contributed by atoms with van der Waals surface area (Å²) in [4.78, 5) is 24.3. The molecule has 1 amide bonds. The maximum Gasteiger partial charge on any atom is 0.338 e. The third-order valence-electron chi connectivity index (χ3n) is 3.37. The van der Waals surface area contributed by atoms with Gasteiger partial charge in [-0.2, -0.15) is 0 Å². The third kappa shape index (κ3) is 7.29. The highest BCUT2D eigenvalue weighted by atomic mass is 35.7. The van der Waals surface area contributed by atoms with Crippen LogP contribution in [0.4, 0.5) is 0 Å². The first-order valence-electron chi connectivity index (χ1n) is 7.54. The van der Waals surface area contributed by atoms with E-state index in [2.05, 4.69) is 5.43 Å². The Balaban J connectivity index is 0.000000646. The topological polar surface area (TPSA) is 152 Å². The van der Waals surface area contributed by atoms with E-state index in [-0.39, 0.29) is 17.0 Å². The molecule has 0 aliphatic heterocycles. The number of benzene rings is 1. The Bertz CT molecular complexity index is 805. The highest BCUT2D eigenvalue weighted by Crippen LogP contribution is 2.10. The lowest BCUT2D eigenvalue weighted by atomic mass is 10.1. The molecule has 27 heavy (non-hydrogen) atoms. The molecule has 1 N–H and O–H groups in total. The van der Waals surface area contributed by atoms with E-state index < -0.39 is 16.2 Å². The average Bonchev–Trinajstić information content (AvgIpc) is 2.55. The number of amides is 1. The van der Waals surface area contributed by atoms with Gasteiger partial charge in [0.25, 0.3) is 0 Å². The zero-order valence-corrected chi connectivity index (χ0v) is 15.9. The van der Waals surface area contributed by atoms with E-state index in [0.717, 1.165) is 17.0 Å². The Labute approximate surface area is 158 Å². The van der Waals surface area contributed by atoms with E-state index >= 15 is 0 Å². The van der Waals surface area contributed by atoms with E-state index in [1.807, 2.05) is 32.9 Å². The lowest BCUT2D eigenvalue weighted by molar-refractivity contribution is -2.00. The van der Waals surface area contributed by atoms with Crippen molar-refractivity contribution in [2.24, 2.45) is 0 Å². The van der Waals surface area contributed by atoms with Gasteiger partial charge in [0.15, 0.2) is 0 Å². The van der Waals surface area contributed by atoms with Crippen LogP contribution in [0.1, 0.15) is 37.7 Å². The van der Waals surface area contributed by atoms with Crippen molar-refractivity contribution in [2.75, 3.05) is 12.5 Å². The van der Waals surface area contributed by atoms with Gasteiger partial charge in [0.2, 0.25) is 11.4 Å². The molecule has 0 aliphatic rings.